The first-order valence-electron chi connectivity index (χ1n) is 8.80. The third-order valence-corrected chi connectivity index (χ3v) is 5.76. The van der Waals surface area contributed by atoms with Gasteiger partial charge < -0.3 is 20.9 Å². The van der Waals surface area contributed by atoms with Crippen LogP contribution in [0.15, 0.2) is 29.2 Å². The minimum absolute atomic E-state index is 0.0689. The quantitative estimate of drug-likeness (QED) is 0.361. The molecule has 1 aromatic rings. The zero-order chi connectivity index (χ0) is 20.4. The molecule has 0 unspecified atom stereocenters. The number of carbonyl (C=O) groups is 2. The van der Waals surface area contributed by atoms with Gasteiger partial charge in [-0.1, -0.05) is 26.0 Å². The summed E-state index contributed by atoms with van der Waals surface area (Å²) >= 11 is 0. The van der Waals surface area contributed by atoms with Gasteiger partial charge >= 0.3 is 5.97 Å². The fourth-order valence-corrected chi connectivity index (χ4v) is 3.68. The first-order chi connectivity index (χ1) is 12.7. The number of nitrogens with two attached hydrogens (primary N) is 1. The highest BCUT2D eigenvalue weighted by Gasteiger charge is 2.25. The molecule has 0 fully saturated rings. The van der Waals surface area contributed by atoms with Crippen LogP contribution in [0.3, 0.4) is 0 Å². The number of benzene rings is 1. The van der Waals surface area contributed by atoms with Crippen LogP contribution in [0.25, 0.3) is 0 Å². The first-order valence-corrected chi connectivity index (χ1v) is 10.4. The molecule has 152 valence electrons. The molecule has 8 nitrogen and oxygen atoms in total. The van der Waals surface area contributed by atoms with E-state index in [-0.39, 0.29) is 36.3 Å². The second-order valence-electron chi connectivity index (χ2n) is 6.49. The number of unbranched alkanes of at least 4 members (excludes halogenated alkanes) is 1. The molecule has 0 aliphatic carbocycles. The number of amides is 1. The van der Waals surface area contributed by atoms with E-state index in [9.17, 15) is 18.0 Å². The van der Waals surface area contributed by atoms with Crippen molar-refractivity contribution in [1.29, 1.82) is 0 Å². The van der Waals surface area contributed by atoms with E-state index in [0.717, 1.165) is 0 Å². The predicted molar refractivity (Wildman–Crippen MR) is 100 cm³/mol. The summed E-state index contributed by atoms with van der Waals surface area (Å²) in [6, 6.07) is 5.28. The van der Waals surface area contributed by atoms with Crippen molar-refractivity contribution in [3.05, 3.63) is 29.8 Å². The zero-order valence-electron chi connectivity index (χ0n) is 15.7. The minimum Gasteiger partial charge on any atom is -0.464 e. The maximum Gasteiger partial charge on any atom is 0.328 e. The molecular weight excluding hydrogens is 372 g/mol. The van der Waals surface area contributed by atoms with Gasteiger partial charge in [-0.3, -0.25) is 4.79 Å². The number of sulfone groups is 1. The van der Waals surface area contributed by atoms with Crippen molar-refractivity contribution in [2.45, 2.75) is 44.2 Å². The molecule has 0 saturated heterocycles. The third kappa shape index (κ3) is 7.66. The van der Waals surface area contributed by atoms with Crippen LogP contribution in [0.2, 0.25) is 0 Å². The summed E-state index contributed by atoms with van der Waals surface area (Å²) in [6.07, 6.45) is 0.716. The highest BCUT2D eigenvalue weighted by Crippen LogP contribution is 2.14. The molecule has 1 rings (SSSR count). The number of aliphatic hydroxyl groups excluding tert-OH is 1. The summed E-state index contributed by atoms with van der Waals surface area (Å²) in [5, 5.41) is 11.5. The largest absolute Gasteiger partial charge is 0.464 e. The summed E-state index contributed by atoms with van der Waals surface area (Å²) in [4.78, 5) is 23.6. The second-order valence-corrected chi connectivity index (χ2v) is 8.60. The van der Waals surface area contributed by atoms with E-state index in [4.69, 9.17) is 15.6 Å². The molecule has 9 heteroatoms. The smallest absolute Gasteiger partial charge is 0.328 e. The molecule has 0 aliphatic heterocycles. The Morgan fingerprint density at radius 1 is 1.19 bits per heavy atom. The van der Waals surface area contributed by atoms with Crippen molar-refractivity contribution in [2.75, 3.05) is 18.9 Å². The Kier molecular flexibility index (Phi) is 9.40. The maximum atomic E-state index is 12.3. The zero-order valence-corrected chi connectivity index (χ0v) is 16.5. The van der Waals surface area contributed by atoms with Gasteiger partial charge in [-0.25, -0.2) is 13.2 Å². The molecule has 1 atom stereocenters. The fourth-order valence-electron chi connectivity index (χ4n) is 2.31. The summed E-state index contributed by atoms with van der Waals surface area (Å²) in [7, 11) is -3.43. The van der Waals surface area contributed by atoms with Crippen LogP contribution in [0.4, 0.5) is 0 Å². The molecular formula is C18H28N2O6S. The topological polar surface area (TPSA) is 136 Å². The molecule has 1 aromatic carbocycles. The highest BCUT2D eigenvalue weighted by atomic mass is 32.2. The van der Waals surface area contributed by atoms with E-state index in [2.05, 4.69) is 5.32 Å². The van der Waals surface area contributed by atoms with Crippen molar-refractivity contribution < 1.29 is 27.9 Å². The van der Waals surface area contributed by atoms with Crippen molar-refractivity contribution in [3.63, 3.8) is 0 Å². The molecule has 0 saturated carbocycles. The van der Waals surface area contributed by atoms with E-state index in [1.807, 2.05) is 0 Å². The van der Waals surface area contributed by atoms with Gasteiger partial charge in [0, 0.05) is 0 Å². The minimum atomic E-state index is -3.43. The Morgan fingerprint density at radius 3 is 2.33 bits per heavy atom. The lowest BCUT2D eigenvalue weighted by atomic mass is 10.0. The van der Waals surface area contributed by atoms with Crippen LogP contribution in [0, 0.1) is 5.92 Å². The summed E-state index contributed by atoms with van der Waals surface area (Å²) < 4.78 is 29.6. The molecule has 4 N–H and O–H groups in total. The van der Waals surface area contributed by atoms with Crippen molar-refractivity contribution in [2.24, 2.45) is 11.7 Å². The number of rotatable bonds is 11. The monoisotopic (exact) mass is 400 g/mol. The van der Waals surface area contributed by atoms with Gasteiger partial charge in [0.1, 0.15) is 6.04 Å². The van der Waals surface area contributed by atoms with Crippen LogP contribution in [-0.4, -0.2) is 50.3 Å². The number of carbonyl (C=O) groups excluding carboxylic acids is 2. The fraction of sp³-hybridized carbons (Fsp3) is 0.556. The predicted octanol–water partition coefficient (Wildman–Crippen LogP) is 0.376. The van der Waals surface area contributed by atoms with Crippen LogP contribution in [0.5, 0.6) is 0 Å². The van der Waals surface area contributed by atoms with E-state index in [0.29, 0.717) is 18.4 Å². The number of esters is 1. The highest BCUT2D eigenvalue weighted by molar-refractivity contribution is 7.91. The van der Waals surface area contributed by atoms with Gasteiger partial charge in [-0.05, 0) is 36.5 Å². The van der Waals surface area contributed by atoms with Gasteiger partial charge in [-0.15, -0.1) is 0 Å². The van der Waals surface area contributed by atoms with Gasteiger partial charge in [0.2, 0.25) is 5.91 Å². The van der Waals surface area contributed by atoms with E-state index < -0.39 is 27.8 Å². The lowest BCUT2D eigenvalue weighted by molar-refractivity contribution is -0.149. The number of hydrogen-bond acceptors (Lipinski definition) is 7. The lowest BCUT2D eigenvalue weighted by Gasteiger charge is -2.20. The number of ether oxygens (including phenoxy) is 1. The molecule has 0 radical (unpaired) electrons. The van der Waals surface area contributed by atoms with Gasteiger partial charge in [0.25, 0.3) is 0 Å². The molecule has 27 heavy (non-hydrogen) atoms. The molecule has 1 amide bonds. The Balaban J connectivity index is 2.43. The molecule has 0 aromatic heterocycles. The third-order valence-electron chi connectivity index (χ3n) is 3.94. The Morgan fingerprint density at radius 2 is 1.81 bits per heavy atom. The summed E-state index contributed by atoms with van der Waals surface area (Å²) in [5.74, 6) is -1.23. The van der Waals surface area contributed by atoms with Gasteiger partial charge in [0.05, 0.1) is 30.4 Å². The van der Waals surface area contributed by atoms with Crippen molar-refractivity contribution >= 4 is 21.7 Å². The molecule has 0 aliphatic rings. The maximum absolute atomic E-state index is 12.3. The number of nitrogens with one attached hydrogen (secondary N) is 1. The number of hydrogen-bond donors (Lipinski definition) is 3. The second kappa shape index (κ2) is 11.0. The Hall–Kier alpha value is -1.97. The molecule has 0 spiro atoms. The van der Waals surface area contributed by atoms with E-state index in [1.54, 1.807) is 26.0 Å². The SMILES string of the molecule is CC(C)[C@@H](NC(=O)CN)C(=O)OCCCCS(=O)(=O)c1ccc(CO)cc1. The summed E-state index contributed by atoms with van der Waals surface area (Å²) in [5.41, 5.74) is 5.87. The van der Waals surface area contributed by atoms with Crippen LogP contribution < -0.4 is 11.1 Å². The Bertz CT molecular complexity index is 716. The van der Waals surface area contributed by atoms with E-state index >= 15 is 0 Å². The van der Waals surface area contributed by atoms with Crippen molar-refractivity contribution in [3.8, 4) is 0 Å². The van der Waals surface area contributed by atoms with Crippen LogP contribution in [0.1, 0.15) is 32.3 Å². The lowest BCUT2D eigenvalue weighted by Crippen LogP contribution is -2.47. The standard InChI is InChI=1S/C18H28N2O6S/c1-13(2)17(20-16(22)11-19)18(23)26-9-3-4-10-27(24,25)15-7-5-14(12-21)6-8-15/h5-8,13,17,21H,3-4,9-12,19H2,1-2H3,(H,20,22)/t17-/m1/s1. The number of aliphatic hydroxyl groups is 1. The van der Waals surface area contributed by atoms with Gasteiger partial charge in [-0.2, -0.15) is 0 Å². The first kappa shape index (κ1) is 23.1. The van der Waals surface area contributed by atoms with Crippen LogP contribution in [-0.2, 0) is 30.8 Å². The van der Waals surface area contributed by atoms with Crippen LogP contribution >= 0.6 is 0 Å². The van der Waals surface area contributed by atoms with Gasteiger partial charge in [0.15, 0.2) is 9.84 Å². The van der Waals surface area contributed by atoms with Crippen molar-refractivity contribution in [1.82, 2.24) is 5.32 Å². The average Bonchev–Trinajstić information content (AvgIpc) is 2.65. The Labute approximate surface area is 160 Å². The molecule has 0 heterocycles. The molecule has 0 bridgehead atoms. The van der Waals surface area contributed by atoms with E-state index in [1.165, 1.54) is 12.1 Å². The summed E-state index contributed by atoms with van der Waals surface area (Å²) in [6.45, 7) is 3.26. The average molecular weight is 400 g/mol. The normalized spacial score (nSPS) is 12.6.